The van der Waals surface area contributed by atoms with Crippen LogP contribution in [0.2, 0.25) is 0 Å². The van der Waals surface area contributed by atoms with Crippen molar-refractivity contribution >= 4 is 34.9 Å². The average Bonchev–Trinajstić information content (AvgIpc) is 2.17. The zero-order valence-electron chi connectivity index (χ0n) is 7.47. The zero-order chi connectivity index (χ0) is 10.6. The highest BCUT2D eigenvalue weighted by Gasteiger charge is 2.01. The van der Waals surface area contributed by atoms with Gasteiger partial charge < -0.3 is 0 Å². The van der Waals surface area contributed by atoms with Gasteiger partial charge in [-0.15, -0.1) is 12.4 Å². The molecule has 0 fully saturated rings. The zero-order valence-corrected chi connectivity index (χ0v) is 9.18. The van der Waals surface area contributed by atoms with Crippen molar-refractivity contribution in [2.45, 2.75) is 0 Å². The average molecular weight is 252 g/mol. The third kappa shape index (κ3) is 4.15. The lowest BCUT2D eigenvalue weighted by Crippen LogP contribution is -2.29. The van der Waals surface area contributed by atoms with Crippen molar-refractivity contribution in [2.24, 2.45) is 5.84 Å². The van der Waals surface area contributed by atoms with Crippen molar-refractivity contribution in [1.82, 2.24) is 5.43 Å². The molecule has 1 aromatic rings. The molecule has 0 saturated carbocycles. The maximum Gasteiger partial charge on any atom is 0.265 e. The van der Waals surface area contributed by atoms with Gasteiger partial charge in [-0.25, -0.2) is 14.3 Å². The van der Waals surface area contributed by atoms with Gasteiger partial charge in [-0.3, -0.25) is 14.9 Å². The van der Waals surface area contributed by atoms with E-state index in [1.165, 1.54) is 24.3 Å². The highest BCUT2D eigenvalue weighted by atomic mass is 35.5. The molecule has 15 heavy (non-hydrogen) atoms. The summed E-state index contributed by atoms with van der Waals surface area (Å²) < 4.78 is 22.7. The molecule has 1 aromatic carbocycles. The lowest BCUT2D eigenvalue weighted by molar-refractivity contribution is 0.0953. The summed E-state index contributed by atoms with van der Waals surface area (Å²) in [6, 6.07) is 5.86. The molecule has 0 aliphatic carbocycles. The predicted octanol–water partition coefficient (Wildman–Crippen LogP) is -0.350. The van der Waals surface area contributed by atoms with Crippen LogP contribution in [-0.2, 0) is 10.9 Å². The van der Waals surface area contributed by atoms with E-state index in [4.69, 9.17) is 5.84 Å². The summed E-state index contributed by atoms with van der Waals surface area (Å²) in [6.07, 6.45) is 0. The summed E-state index contributed by atoms with van der Waals surface area (Å²) in [5, 5.41) is 0. The highest BCUT2D eigenvalue weighted by molar-refractivity contribution is 7.73. The summed E-state index contributed by atoms with van der Waals surface area (Å²) >= 11 is 0. The highest BCUT2D eigenvalue weighted by Crippen LogP contribution is 2.08. The Hall–Kier alpha value is -1.31. The Kier molecular flexibility index (Phi) is 5.68. The molecule has 0 spiro atoms. The largest absolute Gasteiger partial charge is 0.290 e. The lowest BCUT2D eigenvalue weighted by atomic mass is 10.2. The summed E-state index contributed by atoms with van der Waals surface area (Å²) in [4.78, 5) is 11.0. The molecule has 8 heteroatoms. The lowest BCUT2D eigenvalue weighted by Gasteiger charge is -2.01. The SMILES string of the molecule is Cl.NNC(=O)c1ccc(N[SH](=O)=O)cc1. The number of hydrogen-bond acceptors (Lipinski definition) is 4. The summed E-state index contributed by atoms with van der Waals surface area (Å²) in [6.45, 7) is 0. The van der Waals surface area contributed by atoms with E-state index < -0.39 is 16.8 Å². The van der Waals surface area contributed by atoms with Crippen molar-refractivity contribution < 1.29 is 13.2 Å². The quantitative estimate of drug-likeness (QED) is 0.255. The van der Waals surface area contributed by atoms with Gasteiger partial charge in [-0.2, -0.15) is 0 Å². The van der Waals surface area contributed by atoms with Crippen molar-refractivity contribution in [3.63, 3.8) is 0 Å². The predicted molar refractivity (Wildman–Crippen MR) is 59.3 cm³/mol. The fraction of sp³-hybridized carbons (Fsp3) is 0. The first kappa shape index (κ1) is 13.7. The van der Waals surface area contributed by atoms with Crippen molar-refractivity contribution in [3.8, 4) is 0 Å². The summed E-state index contributed by atoms with van der Waals surface area (Å²) in [7, 11) is -2.68. The number of rotatable bonds is 3. The van der Waals surface area contributed by atoms with Gasteiger partial charge in [0.25, 0.3) is 5.91 Å². The topological polar surface area (TPSA) is 101 Å². The minimum Gasteiger partial charge on any atom is -0.290 e. The van der Waals surface area contributed by atoms with Crippen molar-refractivity contribution in [3.05, 3.63) is 29.8 Å². The molecule has 84 valence electrons. The van der Waals surface area contributed by atoms with E-state index >= 15 is 0 Å². The number of hydrogen-bond donors (Lipinski definition) is 4. The second-order valence-corrected chi connectivity index (χ2v) is 3.16. The Balaban J connectivity index is 0.00000196. The first-order valence-corrected chi connectivity index (χ1v) is 4.83. The Morgan fingerprint density at radius 3 is 2.13 bits per heavy atom. The molecular formula is C7H10ClN3O3S. The molecule has 0 aliphatic rings. The van der Waals surface area contributed by atoms with Gasteiger partial charge in [0, 0.05) is 11.3 Å². The molecular weight excluding hydrogens is 242 g/mol. The summed E-state index contributed by atoms with van der Waals surface area (Å²) in [5.74, 6) is 4.48. The van der Waals surface area contributed by atoms with Gasteiger partial charge in [-0.1, -0.05) is 0 Å². The van der Waals surface area contributed by atoms with Crippen molar-refractivity contribution in [2.75, 3.05) is 4.72 Å². The number of nitrogens with one attached hydrogen (secondary N) is 2. The van der Waals surface area contributed by atoms with E-state index in [9.17, 15) is 13.2 Å². The molecule has 0 aliphatic heterocycles. The number of nitrogen functional groups attached to an aromatic ring is 1. The molecule has 1 rings (SSSR count). The van der Waals surface area contributed by atoms with Crippen LogP contribution in [0.1, 0.15) is 10.4 Å². The van der Waals surface area contributed by atoms with Crippen LogP contribution in [0.15, 0.2) is 24.3 Å². The van der Waals surface area contributed by atoms with Crippen LogP contribution in [-0.4, -0.2) is 14.3 Å². The standard InChI is InChI=1S/C7H9N3O3S.ClH/c8-9-7(11)5-1-3-6(4-2-5)10-14(12)13;/h1-4,14H,8H2,(H,9,11)(H,10,12,13);1H. The first-order chi connectivity index (χ1) is 6.63. The van der Waals surface area contributed by atoms with Gasteiger partial charge in [0.15, 0.2) is 0 Å². The Bertz CT molecular complexity index is 396. The fourth-order valence-corrected chi connectivity index (χ4v) is 1.24. The molecule has 1 amide bonds. The summed E-state index contributed by atoms with van der Waals surface area (Å²) in [5.41, 5.74) is 2.72. The first-order valence-electron chi connectivity index (χ1n) is 3.65. The molecule has 0 heterocycles. The van der Waals surface area contributed by atoms with E-state index in [2.05, 4.69) is 4.72 Å². The van der Waals surface area contributed by atoms with Crippen LogP contribution >= 0.6 is 12.4 Å². The number of benzene rings is 1. The van der Waals surface area contributed by atoms with Gasteiger partial charge >= 0.3 is 0 Å². The minimum atomic E-state index is -2.68. The monoisotopic (exact) mass is 251 g/mol. The van der Waals surface area contributed by atoms with Gasteiger partial charge in [0.2, 0.25) is 10.9 Å². The maximum atomic E-state index is 11.0. The van der Waals surface area contributed by atoms with E-state index in [1.807, 2.05) is 5.43 Å². The third-order valence-electron chi connectivity index (χ3n) is 1.50. The second kappa shape index (κ2) is 6.23. The third-order valence-corrected chi connectivity index (χ3v) is 1.94. The Labute approximate surface area is 94.3 Å². The number of halogens is 1. The maximum absolute atomic E-state index is 11.0. The molecule has 0 radical (unpaired) electrons. The van der Waals surface area contributed by atoms with Gasteiger partial charge in [0.05, 0.1) is 0 Å². The molecule has 0 saturated heterocycles. The number of hydrazine groups is 1. The van der Waals surface area contributed by atoms with Crippen LogP contribution in [0.3, 0.4) is 0 Å². The molecule has 0 unspecified atom stereocenters. The fourth-order valence-electron chi connectivity index (χ4n) is 0.885. The minimum absolute atomic E-state index is 0. The molecule has 0 aromatic heterocycles. The van der Waals surface area contributed by atoms with E-state index in [-0.39, 0.29) is 12.4 Å². The van der Waals surface area contributed by atoms with Crippen LogP contribution in [0.5, 0.6) is 0 Å². The number of carbonyl (C=O) groups excluding carboxylic acids is 1. The Morgan fingerprint density at radius 2 is 1.73 bits per heavy atom. The van der Waals surface area contributed by atoms with Crippen LogP contribution in [0.4, 0.5) is 5.69 Å². The second-order valence-electron chi connectivity index (χ2n) is 2.42. The number of nitrogens with two attached hydrogens (primary N) is 1. The van der Waals surface area contributed by atoms with E-state index in [0.717, 1.165) is 0 Å². The number of amides is 1. The number of anilines is 1. The van der Waals surface area contributed by atoms with Crippen LogP contribution in [0.25, 0.3) is 0 Å². The Morgan fingerprint density at radius 1 is 1.20 bits per heavy atom. The normalized spacial score (nSPS) is 9.20. The van der Waals surface area contributed by atoms with Crippen LogP contribution in [0, 0.1) is 0 Å². The van der Waals surface area contributed by atoms with E-state index in [1.54, 1.807) is 0 Å². The molecule has 0 atom stereocenters. The molecule has 4 N–H and O–H groups in total. The number of carbonyl (C=O) groups is 1. The number of thiol groups is 1. The van der Waals surface area contributed by atoms with Crippen molar-refractivity contribution in [1.29, 1.82) is 0 Å². The van der Waals surface area contributed by atoms with Crippen LogP contribution < -0.4 is 16.0 Å². The van der Waals surface area contributed by atoms with Gasteiger partial charge in [-0.05, 0) is 24.3 Å². The van der Waals surface area contributed by atoms with E-state index in [0.29, 0.717) is 11.3 Å². The molecule has 0 bridgehead atoms. The van der Waals surface area contributed by atoms with Gasteiger partial charge in [0.1, 0.15) is 0 Å². The molecule has 6 nitrogen and oxygen atoms in total. The smallest absolute Gasteiger partial charge is 0.265 e.